The number of aryl methyl sites for hydroxylation is 2. The van der Waals surface area contributed by atoms with Crippen LogP contribution in [0, 0.1) is 13.8 Å². The monoisotopic (exact) mass is 261 g/mol. The van der Waals surface area contributed by atoms with Gasteiger partial charge in [0.05, 0.1) is 5.69 Å². The number of nitrogens with zero attached hydrogens (tertiary/aromatic N) is 2. The first-order valence-corrected chi connectivity index (χ1v) is 5.81. The number of nitrogens with one attached hydrogen (secondary N) is 1. The molecule has 0 aliphatic heterocycles. The van der Waals surface area contributed by atoms with Gasteiger partial charge in [-0.15, -0.1) is 0 Å². The molecule has 1 amide bonds. The van der Waals surface area contributed by atoms with Crippen LogP contribution >= 0.6 is 0 Å². The second-order valence-corrected chi connectivity index (χ2v) is 4.29. The Kier molecular flexibility index (Phi) is 3.62. The number of ether oxygens (including phenoxy) is 1. The molecule has 0 saturated carbocycles. The molecule has 0 unspecified atom stereocenters. The molecular formula is C13H15N3O3. The summed E-state index contributed by atoms with van der Waals surface area (Å²) >= 11 is 0. The third-order valence-electron chi connectivity index (χ3n) is 2.71. The standard InChI is InChI=1S/C13H15N3O3/c1-8-4-5-16-10(6-8)14-9(2)12(13(16)18)15-11(17)7-19-3/h4-6H,7H2,1-3H3,(H,15,17). The van der Waals surface area contributed by atoms with E-state index < -0.39 is 0 Å². The molecule has 6 nitrogen and oxygen atoms in total. The van der Waals surface area contributed by atoms with Crippen LogP contribution < -0.4 is 10.9 Å². The molecule has 1 N–H and O–H groups in total. The maximum absolute atomic E-state index is 12.3. The first kappa shape index (κ1) is 13.2. The number of hydrogen-bond acceptors (Lipinski definition) is 4. The van der Waals surface area contributed by atoms with Gasteiger partial charge in [-0.25, -0.2) is 4.98 Å². The van der Waals surface area contributed by atoms with E-state index in [1.54, 1.807) is 13.1 Å². The summed E-state index contributed by atoms with van der Waals surface area (Å²) in [7, 11) is 1.42. The molecule has 2 heterocycles. The zero-order chi connectivity index (χ0) is 14.0. The summed E-state index contributed by atoms with van der Waals surface area (Å²) in [5, 5.41) is 2.53. The molecule has 2 aromatic heterocycles. The minimum Gasteiger partial charge on any atom is -0.375 e. The summed E-state index contributed by atoms with van der Waals surface area (Å²) in [6, 6.07) is 3.63. The van der Waals surface area contributed by atoms with Crippen molar-refractivity contribution in [2.24, 2.45) is 0 Å². The van der Waals surface area contributed by atoms with Gasteiger partial charge in [0, 0.05) is 13.3 Å². The SMILES string of the molecule is COCC(=O)Nc1c(C)nc2cc(C)ccn2c1=O. The van der Waals surface area contributed by atoms with Gasteiger partial charge in [0.15, 0.2) is 0 Å². The highest BCUT2D eigenvalue weighted by atomic mass is 16.5. The number of pyridine rings is 1. The lowest BCUT2D eigenvalue weighted by Crippen LogP contribution is -2.26. The lowest BCUT2D eigenvalue weighted by atomic mass is 10.3. The Bertz CT molecular complexity index is 691. The van der Waals surface area contributed by atoms with Gasteiger partial charge in [0.25, 0.3) is 11.5 Å². The fraction of sp³-hybridized carbons (Fsp3) is 0.308. The predicted octanol–water partition coefficient (Wildman–Crippen LogP) is 0.896. The number of rotatable bonds is 3. The van der Waals surface area contributed by atoms with E-state index in [1.165, 1.54) is 11.5 Å². The molecule has 0 bridgehead atoms. The number of anilines is 1. The van der Waals surface area contributed by atoms with Crippen LogP contribution in [0.2, 0.25) is 0 Å². The Labute approximate surface area is 110 Å². The lowest BCUT2D eigenvalue weighted by Gasteiger charge is -2.09. The Balaban J connectivity index is 2.54. The fourth-order valence-corrected chi connectivity index (χ4v) is 1.80. The third-order valence-corrected chi connectivity index (χ3v) is 2.71. The van der Waals surface area contributed by atoms with Gasteiger partial charge in [0.1, 0.15) is 17.9 Å². The largest absolute Gasteiger partial charge is 0.375 e. The highest BCUT2D eigenvalue weighted by Crippen LogP contribution is 2.09. The first-order valence-electron chi connectivity index (χ1n) is 5.81. The Morgan fingerprint density at radius 3 is 2.89 bits per heavy atom. The number of methoxy groups -OCH3 is 1. The lowest BCUT2D eigenvalue weighted by molar-refractivity contribution is -0.119. The average Bonchev–Trinajstić information content (AvgIpc) is 2.34. The van der Waals surface area contributed by atoms with Gasteiger partial charge in [-0.05, 0) is 31.5 Å². The highest BCUT2D eigenvalue weighted by molar-refractivity contribution is 5.92. The summed E-state index contributed by atoms with van der Waals surface area (Å²) in [5.74, 6) is -0.378. The normalized spacial score (nSPS) is 10.7. The molecule has 6 heteroatoms. The average molecular weight is 261 g/mol. The number of fused-ring (bicyclic) bond motifs is 1. The zero-order valence-electron chi connectivity index (χ0n) is 11.1. The number of amides is 1. The van der Waals surface area contributed by atoms with E-state index in [0.29, 0.717) is 11.3 Å². The van der Waals surface area contributed by atoms with Crippen molar-refractivity contribution >= 4 is 17.2 Å². The van der Waals surface area contributed by atoms with Gasteiger partial charge < -0.3 is 10.1 Å². The van der Waals surface area contributed by atoms with Crippen LogP contribution in [0.5, 0.6) is 0 Å². The van der Waals surface area contributed by atoms with E-state index in [4.69, 9.17) is 4.74 Å². The molecule has 0 aromatic carbocycles. The van der Waals surface area contributed by atoms with Crippen LogP contribution in [0.3, 0.4) is 0 Å². The maximum Gasteiger partial charge on any atom is 0.281 e. The second-order valence-electron chi connectivity index (χ2n) is 4.29. The highest BCUT2D eigenvalue weighted by Gasteiger charge is 2.12. The van der Waals surface area contributed by atoms with E-state index in [9.17, 15) is 9.59 Å². The van der Waals surface area contributed by atoms with Gasteiger partial charge >= 0.3 is 0 Å². The van der Waals surface area contributed by atoms with E-state index in [-0.39, 0.29) is 23.8 Å². The van der Waals surface area contributed by atoms with Gasteiger partial charge in [-0.2, -0.15) is 0 Å². The number of aromatic nitrogens is 2. The quantitative estimate of drug-likeness (QED) is 0.890. The van der Waals surface area contributed by atoms with Crippen molar-refractivity contribution < 1.29 is 9.53 Å². The molecule has 100 valence electrons. The van der Waals surface area contributed by atoms with Crippen molar-refractivity contribution in [2.75, 3.05) is 19.0 Å². The number of carbonyl (C=O) groups is 1. The second kappa shape index (κ2) is 5.19. The maximum atomic E-state index is 12.3. The van der Waals surface area contributed by atoms with Crippen LogP contribution in [-0.4, -0.2) is 29.0 Å². The van der Waals surface area contributed by atoms with Crippen LogP contribution in [0.25, 0.3) is 5.65 Å². The number of carbonyl (C=O) groups excluding carboxylic acids is 1. The topological polar surface area (TPSA) is 72.7 Å². The summed E-state index contributed by atoms with van der Waals surface area (Å²) < 4.78 is 6.12. The molecule has 19 heavy (non-hydrogen) atoms. The zero-order valence-corrected chi connectivity index (χ0v) is 11.1. The molecular weight excluding hydrogens is 246 g/mol. The van der Waals surface area contributed by atoms with Crippen LogP contribution in [0.1, 0.15) is 11.3 Å². The Morgan fingerprint density at radius 2 is 2.21 bits per heavy atom. The molecule has 2 aromatic rings. The molecule has 0 fully saturated rings. The molecule has 2 rings (SSSR count). The molecule has 0 aliphatic carbocycles. The Hall–Kier alpha value is -2.21. The van der Waals surface area contributed by atoms with Crippen LogP contribution in [-0.2, 0) is 9.53 Å². The first-order chi connectivity index (χ1) is 9.02. The summed E-state index contributed by atoms with van der Waals surface area (Å²) in [4.78, 5) is 28.1. The molecule has 0 spiro atoms. The molecule has 0 radical (unpaired) electrons. The minimum atomic E-state index is -0.378. The van der Waals surface area contributed by atoms with Crippen molar-refractivity contribution in [3.63, 3.8) is 0 Å². The molecule has 0 saturated heterocycles. The molecule has 0 aliphatic rings. The van der Waals surface area contributed by atoms with E-state index in [2.05, 4.69) is 10.3 Å². The van der Waals surface area contributed by atoms with Crippen LogP contribution in [0.4, 0.5) is 5.69 Å². The van der Waals surface area contributed by atoms with Gasteiger partial charge in [-0.3, -0.25) is 14.0 Å². The van der Waals surface area contributed by atoms with Crippen molar-refractivity contribution in [1.82, 2.24) is 9.38 Å². The summed E-state index contributed by atoms with van der Waals surface area (Å²) in [6.07, 6.45) is 1.64. The van der Waals surface area contributed by atoms with Crippen molar-refractivity contribution in [3.05, 3.63) is 39.9 Å². The minimum absolute atomic E-state index is 0.102. The van der Waals surface area contributed by atoms with Gasteiger partial charge in [-0.1, -0.05) is 0 Å². The van der Waals surface area contributed by atoms with Gasteiger partial charge in [0.2, 0.25) is 0 Å². The smallest absolute Gasteiger partial charge is 0.281 e. The van der Waals surface area contributed by atoms with E-state index in [0.717, 1.165) is 5.56 Å². The van der Waals surface area contributed by atoms with Crippen molar-refractivity contribution in [2.45, 2.75) is 13.8 Å². The Morgan fingerprint density at radius 1 is 1.47 bits per heavy atom. The van der Waals surface area contributed by atoms with Crippen LogP contribution in [0.15, 0.2) is 23.1 Å². The summed E-state index contributed by atoms with van der Waals surface area (Å²) in [5.41, 5.74) is 1.95. The van der Waals surface area contributed by atoms with E-state index in [1.807, 2.05) is 19.1 Å². The van der Waals surface area contributed by atoms with Crippen molar-refractivity contribution in [3.8, 4) is 0 Å². The fourth-order valence-electron chi connectivity index (χ4n) is 1.80. The predicted molar refractivity (Wildman–Crippen MR) is 71.4 cm³/mol. The molecule has 0 atom stereocenters. The summed E-state index contributed by atoms with van der Waals surface area (Å²) in [6.45, 7) is 3.51. The van der Waals surface area contributed by atoms with Crippen molar-refractivity contribution in [1.29, 1.82) is 0 Å². The third kappa shape index (κ3) is 2.63. The number of hydrogen-bond donors (Lipinski definition) is 1. The van der Waals surface area contributed by atoms with E-state index >= 15 is 0 Å².